The Labute approximate surface area is 142 Å². The topological polar surface area (TPSA) is 87.6 Å². The van der Waals surface area contributed by atoms with Crippen molar-refractivity contribution in [1.82, 2.24) is 14.8 Å². The van der Waals surface area contributed by atoms with Crippen LogP contribution in [0.3, 0.4) is 0 Å². The molecule has 1 N–H and O–H groups in total. The lowest BCUT2D eigenvalue weighted by Crippen LogP contribution is -2.17. The zero-order chi connectivity index (χ0) is 17.2. The second kappa shape index (κ2) is 6.13. The summed E-state index contributed by atoms with van der Waals surface area (Å²) in [5.74, 6) is 0. The highest BCUT2D eigenvalue weighted by Crippen LogP contribution is 2.23. The third-order valence-corrected chi connectivity index (χ3v) is 4.01. The van der Waals surface area contributed by atoms with E-state index in [1.54, 1.807) is 6.07 Å². The lowest BCUT2D eigenvalue weighted by Gasteiger charge is -2.00. The fourth-order valence-electron chi connectivity index (χ4n) is 2.82. The predicted molar refractivity (Wildman–Crippen MR) is 93.3 cm³/mol. The van der Waals surface area contributed by atoms with E-state index >= 15 is 0 Å². The van der Waals surface area contributed by atoms with E-state index < -0.39 is 0 Å². The maximum Gasteiger partial charge on any atom is 0.325 e. The first-order valence-corrected chi connectivity index (χ1v) is 7.90. The Morgan fingerprint density at radius 2 is 1.88 bits per heavy atom. The van der Waals surface area contributed by atoms with Crippen LogP contribution in [0, 0.1) is 11.3 Å². The van der Waals surface area contributed by atoms with Crippen molar-refractivity contribution >= 4 is 11.1 Å². The molecule has 0 fully saturated rings. The summed E-state index contributed by atoms with van der Waals surface area (Å²) in [6.45, 7) is 0. The molecule has 4 rings (SSSR count). The summed E-state index contributed by atoms with van der Waals surface area (Å²) in [6.07, 6.45) is 0.629. The minimum atomic E-state index is -0.249. The van der Waals surface area contributed by atoms with Crippen LogP contribution >= 0.6 is 0 Å². The monoisotopic (exact) mass is 330 g/mol. The van der Waals surface area contributed by atoms with Crippen molar-refractivity contribution in [3.05, 3.63) is 70.5 Å². The van der Waals surface area contributed by atoms with Crippen molar-refractivity contribution in [2.24, 2.45) is 0 Å². The lowest BCUT2D eigenvalue weighted by atomic mass is 10.0. The fourth-order valence-corrected chi connectivity index (χ4v) is 2.82. The highest BCUT2D eigenvalue weighted by molar-refractivity contribution is 5.73. The molecule has 6 heteroatoms. The Morgan fingerprint density at radius 3 is 2.64 bits per heavy atom. The van der Waals surface area contributed by atoms with Gasteiger partial charge >= 0.3 is 6.01 Å². The molecule has 0 spiro atoms. The van der Waals surface area contributed by atoms with E-state index in [0.717, 1.165) is 5.56 Å². The molecule has 2 heterocycles. The molecule has 0 amide bonds. The van der Waals surface area contributed by atoms with E-state index in [4.69, 9.17) is 9.68 Å². The second-order valence-electron chi connectivity index (χ2n) is 5.59. The standard InChI is InChI=1S/C19H14N4O2/c20-12-6-9-14-17(13-7-2-1-3-8-13)22-23(18(14)24)19-21-15-10-4-5-11-16(15)25-19/h1-5,7-8,10-11,22H,6,9H2. The van der Waals surface area contributed by atoms with E-state index in [1.165, 1.54) is 4.68 Å². The summed E-state index contributed by atoms with van der Waals surface area (Å²) >= 11 is 0. The van der Waals surface area contributed by atoms with Crippen molar-refractivity contribution < 1.29 is 4.42 Å². The first kappa shape index (κ1) is 15.0. The number of nitrogens with one attached hydrogen (secondary N) is 1. The Hall–Kier alpha value is -3.59. The van der Waals surface area contributed by atoms with Gasteiger partial charge < -0.3 is 4.42 Å². The number of benzene rings is 2. The molecule has 0 saturated carbocycles. The third-order valence-electron chi connectivity index (χ3n) is 4.01. The van der Waals surface area contributed by atoms with Crippen LogP contribution in [0.5, 0.6) is 0 Å². The van der Waals surface area contributed by atoms with Crippen LogP contribution in [-0.2, 0) is 6.42 Å². The smallest absolute Gasteiger partial charge is 0.325 e. The summed E-state index contributed by atoms with van der Waals surface area (Å²) in [6, 6.07) is 19.2. The van der Waals surface area contributed by atoms with Gasteiger partial charge in [-0.25, -0.2) is 0 Å². The maximum atomic E-state index is 12.9. The molecule has 4 aromatic rings. The van der Waals surface area contributed by atoms with Crippen LogP contribution in [0.4, 0.5) is 0 Å². The summed E-state index contributed by atoms with van der Waals surface area (Å²) < 4.78 is 7.00. The van der Waals surface area contributed by atoms with Gasteiger partial charge in [0.1, 0.15) is 5.52 Å². The first-order valence-electron chi connectivity index (χ1n) is 7.90. The van der Waals surface area contributed by atoms with Crippen molar-refractivity contribution in [3.63, 3.8) is 0 Å². The number of fused-ring (bicyclic) bond motifs is 1. The largest absolute Gasteiger partial charge is 0.422 e. The van der Waals surface area contributed by atoms with Gasteiger partial charge in [0.2, 0.25) is 0 Å². The van der Waals surface area contributed by atoms with Crippen molar-refractivity contribution in [1.29, 1.82) is 5.26 Å². The van der Waals surface area contributed by atoms with Crippen LogP contribution < -0.4 is 5.56 Å². The van der Waals surface area contributed by atoms with E-state index in [-0.39, 0.29) is 18.0 Å². The molecule has 0 aliphatic carbocycles. The zero-order valence-corrected chi connectivity index (χ0v) is 13.3. The number of para-hydroxylation sites is 2. The van der Waals surface area contributed by atoms with Crippen LogP contribution in [0.2, 0.25) is 0 Å². The summed E-state index contributed by atoms with van der Waals surface area (Å²) in [5.41, 5.74) is 3.15. The lowest BCUT2D eigenvalue weighted by molar-refractivity contribution is 0.537. The quantitative estimate of drug-likeness (QED) is 0.621. The number of hydrogen-bond donors (Lipinski definition) is 1. The molecule has 0 unspecified atom stereocenters. The van der Waals surface area contributed by atoms with Gasteiger partial charge in [0, 0.05) is 12.0 Å². The predicted octanol–water partition coefficient (Wildman–Crippen LogP) is 3.43. The number of nitrogens with zero attached hydrogens (tertiary/aromatic N) is 3. The molecule has 6 nitrogen and oxygen atoms in total. The molecule has 2 aromatic heterocycles. The highest BCUT2D eigenvalue weighted by Gasteiger charge is 2.19. The number of H-pyrrole nitrogens is 1. The molecule has 0 radical (unpaired) electrons. The summed E-state index contributed by atoms with van der Waals surface area (Å²) in [4.78, 5) is 17.2. The van der Waals surface area contributed by atoms with E-state index in [1.807, 2.05) is 48.5 Å². The molecular weight excluding hydrogens is 316 g/mol. The fraction of sp³-hybridized carbons (Fsp3) is 0.105. The van der Waals surface area contributed by atoms with Crippen molar-refractivity contribution in [3.8, 4) is 23.3 Å². The first-order chi connectivity index (χ1) is 12.3. The van der Waals surface area contributed by atoms with Gasteiger partial charge in [-0.15, -0.1) is 0 Å². The Morgan fingerprint density at radius 1 is 1.12 bits per heavy atom. The minimum absolute atomic E-state index is 0.187. The van der Waals surface area contributed by atoms with E-state index in [2.05, 4.69) is 16.2 Å². The normalized spacial score (nSPS) is 10.8. The third kappa shape index (κ3) is 2.62. The molecular formula is C19H14N4O2. The molecule has 122 valence electrons. The minimum Gasteiger partial charge on any atom is -0.422 e. The average molecular weight is 330 g/mol. The molecule has 0 aliphatic rings. The van der Waals surface area contributed by atoms with Crippen LogP contribution in [0.1, 0.15) is 12.0 Å². The number of aromatic amines is 1. The van der Waals surface area contributed by atoms with Crippen LogP contribution in [0.15, 0.2) is 63.8 Å². The van der Waals surface area contributed by atoms with Gasteiger partial charge in [-0.3, -0.25) is 9.89 Å². The van der Waals surface area contributed by atoms with Gasteiger partial charge in [-0.2, -0.15) is 14.9 Å². The number of hydrogen-bond acceptors (Lipinski definition) is 4. The van der Waals surface area contributed by atoms with Gasteiger partial charge in [0.05, 0.1) is 11.8 Å². The van der Waals surface area contributed by atoms with Gasteiger partial charge in [0.15, 0.2) is 5.58 Å². The summed E-state index contributed by atoms with van der Waals surface area (Å²) in [7, 11) is 0. The van der Waals surface area contributed by atoms with Gasteiger partial charge in [-0.05, 0) is 24.1 Å². The van der Waals surface area contributed by atoms with Crippen molar-refractivity contribution in [2.45, 2.75) is 12.8 Å². The van der Waals surface area contributed by atoms with Crippen LogP contribution in [-0.4, -0.2) is 14.8 Å². The maximum absolute atomic E-state index is 12.9. The Kier molecular flexibility index (Phi) is 3.67. The van der Waals surface area contributed by atoms with E-state index in [0.29, 0.717) is 28.8 Å². The number of rotatable bonds is 4. The molecule has 0 saturated heterocycles. The second-order valence-corrected chi connectivity index (χ2v) is 5.59. The van der Waals surface area contributed by atoms with Crippen LogP contribution in [0.25, 0.3) is 28.4 Å². The highest BCUT2D eigenvalue weighted by atomic mass is 16.4. The zero-order valence-electron chi connectivity index (χ0n) is 13.3. The van der Waals surface area contributed by atoms with Gasteiger partial charge in [-0.1, -0.05) is 42.5 Å². The average Bonchev–Trinajstić information content (AvgIpc) is 3.21. The SMILES string of the molecule is N#CCCc1c(-c2ccccc2)[nH]n(-c2nc3ccccc3o2)c1=O. The molecule has 25 heavy (non-hydrogen) atoms. The Balaban J connectivity index is 1.90. The summed E-state index contributed by atoms with van der Waals surface area (Å²) in [5, 5.41) is 12.0. The van der Waals surface area contributed by atoms with Crippen molar-refractivity contribution in [2.75, 3.05) is 0 Å². The number of aromatic nitrogens is 3. The molecule has 0 atom stereocenters. The molecule has 2 aromatic carbocycles. The van der Waals surface area contributed by atoms with Gasteiger partial charge in [0.25, 0.3) is 5.56 Å². The van der Waals surface area contributed by atoms with E-state index in [9.17, 15) is 4.79 Å². The Bertz CT molecular complexity index is 1100. The molecule has 0 bridgehead atoms. The molecule has 0 aliphatic heterocycles. The number of oxazole rings is 1. The number of nitriles is 1.